The van der Waals surface area contributed by atoms with Crippen molar-refractivity contribution in [2.24, 2.45) is 0 Å². The van der Waals surface area contributed by atoms with Crippen LogP contribution in [0.2, 0.25) is 0 Å². The predicted octanol–water partition coefficient (Wildman–Crippen LogP) is 1.75. The lowest BCUT2D eigenvalue weighted by atomic mass is 9.96. The summed E-state index contributed by atoms with van der Waals surface area (Å²) in [7, 11) is 0. The molecule has 25 heavy (non-hydrogen) atoms. The molecule has 2 fully saturated rings. The quantitative estimate of drug-likeness (QED) is 0.455. The van der Waals surface area contributed by atoms with Gasteiger partial charge in [0.15, 0.2) is 5.37 Å². The second-order valence-corrected chi connectivity index (χ2v) is 8.37. The first kappa shape index (κ1) is 16.0. The van der Waals surface area contributed by atoms with Crippen LogP contribution in [0.15, 0.2) is 24.3 Å². The minimum atomic E-state index is -1.11. The molecule has 0 aromatic heterocycles. The highest BCUT2D eigenvalue weighted by Gasteiger charge is 2.68. The number of cyclic esters (lactones) is 1. The van der Waals surface area contributed by atoms with Gasteiger partial charge in [0.25, 0.3) is 6.29 Å². The lowest BCUT2D eigenvalue weighted by Crippen LogP contribution is -2.64. The standard InChI is InChI=1S/C17H14N2O5S/c1-17(2)11(19-12(20)10(18-3)13(19)25-17)15(22)24-16-9-7-5-4-6-8(9)14(21)23-16/h4-7,10-11,13,16H,1-2H3/t10?,11-,13+,16?/m0/s1. The van der Waals surface area contributed by atoms with E-state index in [1.165, 1.54) is 16.7 Å². The molecular weight excluding hydrogens is 344 g/mol. The zero-order valence-electron chi connectivity index (χ0n) is 13.5. The summed E-state index contributed by atoms with van der Waals surface area (Å²) in [4.78, 5) is 41.5. The molecule has 0 bridgehead atoms. The van der Waals surface area contributed by atoms with Gasteiger partial charge in [0, 0.05) is 10.3 Å². The fraction of sp³-hybridized carbons (Fsp3) is 0.412. The Morgan fingerprint density at radius 2 is 2.08 bits per heavy atom. The van der Waals surface area contributed by atoms with Crippen molar-refractivity contribution >= 4 is 29.6 Å². The van der Waals surface area contributed by atoms with Gasteiger partial charge in [-0.05, 0) is 19.9 Å². The van der Waals surface area contributed by atoms with E-state index < -0.39 is 35.1 Å². The van der Waals surface area contributed by atoms with Crippen molar-refractivity contribution in [3.8, 4) is 0 Å². The molecule has 8 heteroatoms. The molecular formula is C17H14N2O5S. The zero-order chi connectivity index (χ0) is 17.9. The normalized spacial score (nSPS) is 31.5. The summed E-state index contributed by atoms with van der Waals surface area (Å²) in [5.41, 5.74) is 0.862. The molecule has 0 aliphatic carbocycles. The van der Waals surface area contributed by atoms with E-state index in [1.54, 1.807) is 24.3 Å². The number of thioether (sulfide) groups is 1. The maximum atomic E-state index is 12.8. The van der Waals surface area contributed by atoms with Gasteiger partial charge in [0.05, 0.1) is 5.56 Å². The number of carbonyl (C=O) groups is 3. The van der Waals surface area contributed by atoms with Gasteiger partial charge in [-0.25, -0.2) is 16.2 Å². The van der Waals surface area contributed by atoms with Crippen molar-refractivity contribution < 1.29 is 23.9 Å². The van der Waals surface area contributed by atoms with Gasteiger partial charge in [-0.3, -0.25) is 9.64 Å². The van der Waals surface area contributed by atoms with Crippen LogP contribution in [0.3, 0.4) is 0 Å². The van der Waals surface area contributed by atoms with E-state index in [2.05, 4.69) is 4.85 Å². The number of esters is 2. The Bertz CT molecular complexity index is 846. The number of hydrogen-bond donors (Lipinski definition) is 0. The fourth-order valence-electron chi connectivity index (χ4n) is 3.46. The number of fused-ring (bicyclic) bond motifs is 2. The van der Waals surface area contributed by atoms with Crippen molar-refractivity contribution in [1.82, 2.24) is 4.90 Å². The molecule has 0 spiro atoms. The van der Waals surface area contributed by atoms with Crippen LogP contribution in [-0.4, -0.2) is 45.0 Å². The van der Waals surface area contributed by atoms with E-state index in [1.807, 2.05) is 13.8 Å². The van der Waals surface area contributed by atoms with Gasteiger partial charge in [-0.15, -0.1) is 11.8 Å². The maximum absolute atomic E-state index is 12.8. The van der Waals surface area contributed by atoms with Crippen LogP contribution in [0.5, 0.6) is 0 Å². The van der Waals surface area contributed by atoms with Gasteiger partial charge < -0.3 is 14.4 Å². The summed E-state index contributed by atoms with van der Waals surface area (Å²) in [5.74, 6) is -1.53. The third kappa shape index (κ3) is 2.15. The molecule has 1 aromatic carbocycles. The van der Waals surface area contributed by atoms with Crippen molar-refractivity contribution in [2.75, 3.05) is 0 Å². The topological polar surface area (TPSA) is 77.3 Å². The monoisotopic (exact) mass is 358 g/mol. The Morgan fingerprint density at radius 3 is 2.80 bits per heavy atom. The van der Waals surface area contributed by atoms with Crippen molar-refractivity contribution in [1.29, 1.82) is 0 Å². The van der Waals surface area contributed by atoms with E-state index in [0.717, 1.165) is 0 Å². The van der Waals surface area contributed by atoms with E-state index in [-0.39, 0.29) is 11.3 Å². The first-order chi connectivity index (χ1) is 11.8. The number of hydrogen-bond acceptors (Lipinski definition) is 6. The Kier molecular flexibility index (Phi) is 3.34. The molecule has 0 N–H and O–H groups in total. The van der Waals surface area contributed by atoms with E-state index >= 15 is 0 Å². The average Bonchev–Trinajstić information content (AvgIpc) is 3.01. The number of benzene rings is 1. The Hall–Kier alpha value is -2.53. The van der Waals surface area contributed by atoms with Crippen molar-refractivity contribution in [3.63, 3.8) is 0 Å². The molecule has 4 atom stereocenters. The third-order valence-electron chi connectivity index (χ3n) is 4.65. The average molecular weight is 358 g/mol. The predicted molar refractivity (Wildman–Crippen MR) is 87.2 cm³/mol. The highest BCUT2D eigenvalue weighted by atomic mass is 32.2. The van der Waals surface area contributed by atoms with Crippen molar-refractivity contribution in [2.45, 2.75) is 42.3 Å². The Labute approximate surface area is 148 Å². The van der Waals surface area contributed by atoms with Crippen molar-refractivity contribution in [3.05, 3.63) is 46.8 Å². The van der Waals surface area contributed by atoms with Gasteiger partial charge >= 0.3 is 23.9 Å². The molecule has 1 aromatic rings. The molecule has 1 amide bonds. The first-order valence-electron chi connectivity index (χ1n) is 7.72. The smallest absolute Gasteiger partial charge is 0.342 e. The van der Waals surface area contributed by atoms with Gasteiger partial charge in [-0.1, -0.05) is 18.2 Å². The summed E-state index contributed by atoms with van der Waals surface area (Å²) < 4.78 is 9.97. The minimum Gasteiger partial charge on any atom is -0.419 e. The SMILES string of the molecule is [C-]#[N+]C1C(=O)N2[C@@H]1SC(C)(C)[C@@H]2C(=O)OC1OC(=O)c2ccccc21. The first-order valence-corrected chi connectivity index (χ1v) is 8.60. The lowest BCUT2D eigenvalue weighted by molar-refractivity contribution is -0.179. The number of ether oxygens (including phenoxy) is 2. The number of amides is 1. The summed E-state index contributed by atoms with van der Waals surface area (Å²) >= 11 is 1.42. The van der Waals surface area contributed by atoms with Gasteiger partial charge in [0.1, 0.15) is 6.04 Å². The van der Waals surface area contributed by atoms with Crippen LogP contribution in [0.25, 0.3) is 4.85 Å². The van der Waals surface area contributed by atoms with E-state index in [4.69, 9.17) is 16.0 Å². The minimum absolute atomic E-state index is 0.337. The molecule has 3 heterocycles. The highest BCUT2D eigenvalue weighted by molar-refractivity contribution is 8.01. The number of β-lactam (4-membered cyclic amide) rings is 1. The van der Waals surface area contributed by atoms with Crippen LogP contribution in [0.4, 0.5) is 0 Å². The largest absolute Gasteiger partial charge is 0.419 e. The molecule has 2 saturated heterocycles. The van der Waals surface area contributed by atoms with Gasteiger partial charge in [-0.2, -0.15) is 0 Å². The summed E-state index contributed by atoms with van der Waals surface area (Å²) in [6, 6.07) is 5.14. The van der Waals surface area contributed by atoms with Crippen LogP contribution in [0.1, 0.15) is 36.1 Å². The maximum Gasteiger partial charge on any atom is 0.342 e. The molecule has 3 aliphatic heterocycles. The fourth-order valence-corrected chi connectivity index (χ4v) is 5.07. The van der Waals surface area contributed by atoms with Crippen LogP contribution >= 0.6 is 11.8 Å². The third-order valence-corrected chi connectivity index (χ3v) is 6.20. The molecule has 0 radical (unpaired) electrons. The molecule has 7 nitrogen and oxygen atoms in total. The van der Waals surface area contributed by atoms with Crippen LogP contribution in [-0.2, 0) is 19.1 Å². The summed E-state index contributed by atoms with van der Waals surface area (Å²) in [6.07, 6.45) is -1.11. The molecule has 128 valence electrons. The molecule has 3 aliphatic rings. The van der Waals surface area contributed by atoms with Crippen LogP contribution in [0, 0.1) is 6.57 Å². The molecule has 4 rings (SSSR count). The number of rotatable bonds is 2. The van der Waals surface area contributed by atoms with Crippen LogP contribution < -0.4 is 0 Å². The second-order valence-electron chi connectivity index (χ2n) is 6.60. The molecule has 0 saturated carbocycles. The lowest BCUT2D eigenvalue weighted by Gasteiger charge is -2.37. The zero-order valence-corrected chi connectivity index (χ0v) is 14.3. The van der Waals surface area contributed by atoms with Gasteiger partial charge in [0.2, 0.25) is 0 Å². The summed E-state index contributed by atoms with van der Waals surface area (Å²) in [5, 5.41) is -0.337. The number of carbonyl (C=O) groups excluding carboxylic acids is 3. The van der Waals surface area contributed by atoms with E-state index in [0.29, 0.717) is 11.1 Å². The second kappa shape index (κ2) is 5.23. The highest BCUT2D eigenvalue weighted by Crippen LogP contribution is 2.52. The Morgan fingerprint density at radius 1 is 1.36 bits per heavy atom. The summed E-state index contributed by atoms with van der Waals surface area (Å²) in [6.45, 7) is 10.8. The number of nitrogens with zero attached hydrogens (tertiary/aromatic N) is 2. The molecule has 2 unspecified atom stereocenters. The van der Waals surface area contributed by atoms with E-state index in [9.17, 15) is 14.4 Å². The Balaban J connectivity index is 1.57.